The van der Waals surface area contributed by atoms with Crippen LogP contribution in [-0.4, -0.2) is 37.5 Å². The molecule has 0 spiro atoms. The third kappa shape index (κ3) is 2.75. The first-order chi connectivity index (χ1) is 14.2. The molecular weight excluding hydrogens is 370 g/mol. The van der Waals surface area contributed by atoms with Crippen LogP contribution in [0.5, 0.6) is 5.75 Å². The normalized spacial score (nSPS) is 14.6. The first-order valence-electron chi connectivity index (χ1n) is 9.04. The summed E-state index contributed by atoms with van der Waals surface area (Å²) < 4.78 is 6.92. The van der Waals surface area contributed by atoms with Crippen molar-refractivity contribution in [2.75, 3.05) is 12.4 Å². The molecule has 5 rings (SSSR count). The Balaban J connectivity index is 1.78. The molecule has 2 N–H and O–H groups in total. The molecule has 9 heteroatoms. The quantitative estimate of drug-likeness (QED) is 0.489. The van der Waals surface area contributed by atoms with Gasteiger partial charge >= 0.3 is 0 Å². The Morgan fingerprint density at radius 2 is 1.83 bits per heavy atom. The number of hydrogen-bond acceptors (Lipinski definition) is 7. The summed E-state index contributed by atoms with van der Waals surface area (Å²) in [6, 6.07) is 15.2. The van der Waals surface area contributed by atoms with Gasteiger partial charge in [-0.25, -0.2) is 5.10 Å². The lowest BCUT2D eigenvalue weighted by Crippen LogP contribution is -2.29. The number of H-pyrrole nitrogens is 1. The van der Waals surface area contributed by atoms with Crippen LogP contribution in [0, 0.1) is 6.92 Å². The lowest BCUT2D eigenvalue weighted by atomic mass is 9.92. The minimum Gasteiger partial charge on any atom is -0.497 e. The number of aryl methyl sites for hydroxylation is 1. The van der Waals surface area contributed by atoms with Gasteiger partial charge in [0.1, 0.15) is 17.5 Å². The van der Waals surface area contributed by atoms with Crippen LogP contribution in [0.4, 0.5) is 11.6 Å². The predicted octanol–water partition coefficient (Wildman–Crippen LogP) is 2.44. The number of nitrogens with zero attached hydrogens (tertiary/aromatic N) is 5. The molecule has 1 atom stereocenters. The van der Waals surface area contributed by atoms with Crippen LogP contribution in [0.15, 0.2) is 53.3 Å². The number of fused-ring (bicyclic) bond motifs is 2. The molecule has 2 aromatic heterocycles. The molecule has 0 unspecified atom stereocenters. The summed E-state index contributed by atoms with van der Waals surface area (Å²) >= 11 is 0. The highest BCUT2D eigenvalue weighted by Gasteiger charge is 2.34. The fourth-order valence-electron chi connectivity index (χ4n) is 3.56. The summed E-state index contributed by atoms with van der Waals surface area (Å²) in [4.78, 5) is 12.6. The van der Waals surface area contributed by atoms with Crippen LogP contribution in [-0.2, 0) is 0 Å². The zero-order valence-electron chi connectivity index (χ0n) is 15.7. The second-order valence-electron chi connectivity index (χ2n) is 6.80. The third-order valence-electron chi connectivity index (χ3n) is 5.02. The number of methoxy groups -OCH3 is 1. The average Bonchev–Trinajstić information content (AvgIpc) is 3.22. The van der Waals surface area contributed by atoms with Crippen molar-refractivity contribution in [1.82, 2.24) is 30.4 Å². The summed E-state index contributed by atoms with van der Waals surface area (Å²) in [6.07, 6.45) is 0. The summed E-state index contributed by atoms with van der Waals surface area (Å²) in [6.45, 7) is 2.03. The maximum Gasteiger partial charge on any atom is 0.288 e. The smallest absolute Gasteiger partial charge is 0.288 e. The standard InChI is InChI=1S/C20H17N7O2/c1-11-3-5-13(6-4-11)18-15-16(12-7-9-14(29-2)10-8-12)22-23-19(28)17(15)21-20-24-25-26-27(18)20/h3-10,18H,1-2H3,(H,23,28)(H,21,24,26)/t18-/m1/s1. The number of aromatic amines is 1. The van der Waals surface area contributed by atoms with Crippen LogP contribution in [0.1, 0.15) is 22.7 Å². The number of benzene rings is 2. The Morgan fingerprint density at radius 3 is 2.55 bits per heavy atom. The number of aromatic nitrogens is 6. The fourth-order valence-corrected chi connectivity index (χ4v) is 3.56. The maximum atomic E-state index is 12.6. The molecule has 2 aromatic carbocycles. The molecule has 29 heavy (non-hydrogen) atoms. The lowest BCUT2D eigenvalue weighted by molar-refractivity contribution is 0.415. The fraction of sp³-hybridized carbons (Fsp3) is 0.150. The minimum atomic E-state index is -0.399. The molecule has 9 nitrogen and oxygen atoms in total. The maximum absolute atomic E-state index is 12.6. The number of tetrazole rings is 1. The zero-order valence-corrected chi connectivity index (χ0v) is 15.7. The molecule has 144 valence electrons. The molecule has 0 bridgehead atoms. The number of ether oxygens (including phenoxy) is 1. The van der Waals surface area contributed by atoms with E-state index in [2.05, 4.69) is 31.0 Å². The van der Waals surface area contributed by atoms with Gasteiger partial charge in [0.2, 0.25) is 5.95 Å². The highest BCUT2D eigenvalue weighted by atomic mass is 16.5. The largest absolute Gasteiger partial charge is 0.497 e. The van der Waals surface area contributed by atoms with Crippen molar-refractivity contribution in [2.24, 2.45) is 0 Å². The second kappa shape index (κ2) is 6.55. The van der Waals surface area contributed by atoms with Gasteiger partial charge < -0.3 is 10.1 Å². The summed E-state index contributed by atoms with van der Waals surface area (Å²) in [7, 11) is 1.62. The second-order valence-corrected chi connectivity index (χ2v) is 6.80. The third-order valence-corrected chi connectivity index (χ3v) is 5.02. The van der Waals surface area contributed by atoms with E-state index in [0.717, 1.165) is 22.4 Å². The molecule has 0 fully saturated rings. The molecular formula is C20H17N7O2. The van der Waals surface area contributed by atoms with Crippen molar-refractivity contribution in [3.8, 4) is 17.0 Å². The average molecular weight is 387 g/mol. The van der Waals surface area contributed by atoms with E-state index in [-0.39, 0.29) is 5.56 Å². The van der Waals surface area contributed by atoms with E-state index in [4.69, 9.17) is 4.74 Å². The van der Waals surface area contributed by atoms with E-state index in [9.17, 15) is 4.79 Å². The van der Waals surface area contributed by atoms with E-state index in [1.807, 2.05) is 55.5 Å². The van der Waals surface area contributed by atoms with Crippen molar-refractivity contribution in [3.05, 3.63) is 75.6 Å². The summed E-state index contributed by atoms with van der Waals surface area (Å²) in [5.41, 5.74) is 4.34. The molecule has 1 aliphatic rings. The van der Waals surface area contributed by atoms with Crippen molar-refractivity contribution < 1.29 is 4.74 Å². The van der Waals surface area contributed by atoms with Gasteiger partial charge in [-0.3, -0.25) is 4.79 Å². The molecule has 0 amide bonds. The first kappa shape index (κ1) is 17.1. The zero-order chi connectivity index (χ0) is 20.0. The Morgan fingerprint density at radius 1 is 1.07 bits per heavy atom. The van der Waals surface area contributed by atoms with Crippen molar-refractivity contribution in [3.63, 3.8) is 0 Å². The van der Waals surface area contributed by atoms with Gasteiger partial charge in [-0.1, -0.05) is 34.9 Å². The topological polar surface area (TPSA) is 111 Å². The van der Waals surface area contributed by atoms with Gasteiger partial charge in [-0.15, -0.1) is 0 Å². The Labute approximate surface area is 165 Å². The van der Waals surface area contributed by atoms with E-state index in [1.165, 1.54) is 0 Å². The summed E-state index contributed by atoms with van der Waals surface area (Å²) in [5.74, 6) is 1.14. The van der Waals surface area contributed by atoms with Gasteiger partial charge in [0.15, 0.2) is 0 Å². The molecule has 0 radical (unpaired) electrons. The van der Waals surface area contributed by atoms with Crippen molar-refractivity contribution in [2.45, 2.75) is 13.0 Å². The van der Waals surface area contributed by atoms with Crippen molar-refractivity contribution in [1.29, 1.82) is 0 Å². The van der Waals surface area contributed by atoms with E-state index < -0.39 is 6.04 Å². The number of anilines is 2. The number of hydrogen-bond donors (Lipinski definition) is 2. The van der Waals surface area contributed by atoms with E-state index in [0.29, 0.717) is 22.9 Å². The van der Waals surface area contributed by atoms with E-state index >= 15 is 0 Å². The SMILES string of the molecule is COc1ccc(-c2n[nH]c(=O)c3c2[C@@H](c2ccc(C)cc2)n2nnnc2N3)cc1. The minimum absolute atomic E-state index is 0.330. The lowest BCUT2D eigenvalue weighted by Gasteiger charge is -2.27. The van der Waals surface area contributed by atoms with Crippen LogP contribution < -0.4 is 15.6 Å². The van der Waals surface area contributed by atoms with E-state index in [1.54, 1.807) is 11.8 Å². The Kier molecular flexibility index (Phi) is 3.87. The van der Waals surface area contributed by atoms with Crippen LogP contribution in [0.25, 0.3) is 11.3 Å². The van der Waals surface area contributed by atoms with Gasteiger partial charge in [0.25, 0.3) is 5.56 Å². The van der Waals surface area contributed by atoms with Crippen LogP contribution >= 0.6 is 0 Å². The molecule has 4 aromatic rings. The van der Waals surface area contributed by atoms with Gasteiger partial charge in [0.05, 0.1) is 12.8 Å². The molecule has 0 saturated carbocycles. The molecule has 0 aliphatic carbocycles. The van der Waals surface area contributed by atoms with Crippen molar-refractivity contribution >= 4 is 11.6 Å². The van der Waals surface area contributed by atoms with Gasteiger partial charge in [-0.05, 0) is 47.2 Å². The number of rotatable bonds is 3. The Hall–Kier alpha value is -4.01. The molecule has 1 aliphatic heterocycles. The predicted molar refractivity (Wildman–Crippen MR) is 106 cm³/mol. The van der Waals surface area contributed by atoms with Gasteiger partial charge in [-0.2, -0.15) is 9.78 Å². The molecule has 0 saturated heterocycles. The number of nitrogens with one attached hydrogen (secondary N) is 2. The monoisotopic (exact) mass is 387 g/mol. The van der Waals surface area contributed by atoms with Gasteiger partial charge in [0, 0.05) is 11.1 Å². The highest BCUT2D eigenvalue weighted by molar-refractivity contribution is 5.75. The molecule has 3 heterocycles. The summed E-state index contributed by atoms with van der Waals surface area (Å²) in [5, 5.41) is 22.0. The Bertz CT molecular complexity index is 1240. The van der Waals surface area contributed by atoms with Crippen LogP contribution in [0.3, 0.4) is 0 Å². The highest BCUT2D eigenvalue weighted by Crippen LogP contribution is 2.41. The van der Waals surface area contributed by atoms with Crippen LogP contribution in [0.2, 0.25) is 0 Å². The first-order valence-corrected chi connectivity index (χ1v) is 9.04.